The van der Waals surface area contributed by atoms with Crippen molar-refractivity contribution < 1.29 is 10.0 Å². The van der Waals surface area contributed by atoms with Gasteiger partial charge in [-0.25, -0.2) is 0 Å². The summed E-state index contributed by atoms with van der Waals surface area (Å²) in [6.45, 7) is 3.71. The minimum absolute atomic E-state index is 0.0636. The minimum Gasteiger partial charge on any atom is -0.389 e. The molecular formula is C15H15N3O3S. The van der Waals surface area contributed by atoms with Crippen molar-refractivity contribution in [3.05, 3.63) is 45.3 Å². The van der Waals surface area contributed by atoms with E-state index in [0.29, 0.717) is 23.0 Å². The van der Waals surface area contributed by atoms with Crippen LogP contribution in [0.25, 0.3) is 22.0 Å². The van der Waals surface area contributed by atoms with E-state index in [0.717, 1.165) is 5.56 Å². The van der Waals surface area contributed by atoms with Crippen molar-refractivity contribution in [2.24, 2.45) is 0 Å². The Balaban J connectivity index is 2.15. The average Bonchev–Trinajstić information content (AvgIpc) is 3.02. The van der Waals surface area contributed by atoms with Crippen molar-refractivity contribution >= 4 is 27.9 Å². The minimum atomic E-state index is -0.899. The van der Waals surface area contributed by atoms with Gasteiger partial charge in [-0.3, -0.25) is 14.8 Å². The zero-order chi connectivity index (χ0) is 15.9. The maximum Gasteiger partial charge on any atom is 0.278 e. The zero-order valence-corrected chi connectivity index (χ0v) is 13.0. The van der Waals surface area contributed by atoms with Crippen LogP contribution >= 0.6 is 11.3 Å². The van der Waals surface area contributed by atoms with Crippen LogP contribution in [0, 0.1) is 10.1 Å². The molecule has 0 atom stereocenters. The summed E-state index contributed by atoms with van der Waals surface area (Å²) in [6.07, 6.45) is 1.72. The first-order valence-corrected chi connectivity index (χ1v) is 7.68. The average molecular weight is 317 g/mol. The van der Waals surface area contributed by atoms with Gasteiger partial charge in [-0.05, 0) is 42.3 Å². The van der Waals surface area contributed by atoms with E-state index in [1.807, 2.05) is 16.8 Å². The number of hydrogen-bond donors (Lipinski definition) is 1. The largest absolute Gasteiger partial charge is 0.389 e. The molecule has 22 heavy (non-hydrogen) atoms. The summed E-state index contributed by atoms with van der Waals surface area (Å²) in [5, 5.41) is 30.1. The predicted molar refractivity (Wildman–Crippen MR) is 86.0 cm³/mol. The lowest BCUT2D eigenvalue weighted by molar-refractivity contribution is -0.384. The van der Waals surface area contributed by atoms with E-state index in [9.17, 15) is 15.2 Å². The lowest BCUT2D eigenvalue weighted by Crippen LogP contribution is -2.26. The number of nitrogens with zero attached hydrogens (tertiary/aromatic N) is 3. The highest BCUT2D eigenvalue weighted by atomic mass is 32.1. The molecule has 0 bridgehead atoms. The van der Waals surface area contributed by atoms with Crippen molar-refractivity contribution in [2.45, 2.75) is 26.0 Å². The van der Waals surface area contributed by atoms with E-state index in [1.165, 1.54) is 17.4 Å². The molecule has 7 heteroatoms. The van der Waals surface area contributed by atoms with E-state index in [2.05, 4.69) is 5.10 Å². The van der Waals surface area contributed by atoms with Crippen LogP contribution in [0.5, 0.6) is 0 Å². The Morgan fingerprint density at radius 1 is 1.45 bits per heavy atom. The molecule has 6 nitrogen and oxygen atoms in total. The fourth-order valence-corrected chi connectivity index (χ4v) is 3.04. The third-order valence-electron chi connectivity index (χ3n) is 3.25. The van der Waals surface area contributed by atoms with E-state index in [-0.39, 0.29) is 10.6 Å². The quantitative estimate of drug-likeness (QED) is 0.590. The van der Waals surface area contributed by atoms with Crippen molar-refractivity contribution in [3.8, 4) is 11.1 Å². The summed E-state index contributed by atoms with van der Waals surface area (Å²) in [5.41, 5.74) is 1.22. The number of rotatable bonds is 4. The molecule has 0 radical (unpaired) electrons. The van der Waals surface area contributed by atoms with E-state index < -0.39 is 5.60 Å². The third-order valence-corrected chi connectivity index (χ3v) is 3.93. The van der Waals surface area contributed by atoms with Gasteiger partial charge in [-0.15, -0.1) is 0 Å². The number of aliphatic hydroxyl groups is 1. The standard InChI is InChI=1S/C15H15N3O3S/c1-15(2,19)9-17-7-11-5-14(18(20)21)12(6-13(11)16-17)10-3-4-22-8-10/h3-8,19H,9H2,1-2H3. The molecule has 0 aliphatic carbocycles. The van der Waals surface area contributed by atoms with Gasteiger partial charge in [0.1, 0.15) is 0 Å². The summed E-state index contributed by atoms with van der Waals surface area (Å²) in [6, 6.07) is 5.12. The highest BCUT2D eigenvalue weighted by Gasteiger charge is 2.20. The topological polar surface area (TPSA) is 81.2 Å². The van der Waals surface area contributed by atoms with E-state index in [4.69, 9.17) is 0 Å². The lowest BCUT2D eigenvalue weighted by atomic mass is 10.1. The summed E-state index contributed by atoms with van der Waals surface area (Å²) in [5.74, 6) is 0. The van der Waals surface area contributed by atoms with Crippen LogP contribution in [0.15, 0.2) is 35.2 Å². The Kier molecular flexibility index (Phi) is 3.46. The number of hydrogen-bond acceptors (Lipinski definition) is 5. The maximum absolute atomic E-state index is 11.3. The van der Waals surface area contributed by atoms with Crippen LogP contribution in [0.3, 0.4) is 0 Å². The summed E-state index contributed by atoms with van der Waals surface area (Å²) in [7, 11) is 0. The second-order valence-corrected chi connectivity index (χ2v) is 6.62. The Bertz CT molecular complexity index is 832. The number of nitro groups is 1. The monoisotopic (exact) mass is 317 g/mol. The first-order chi connectivity index (χ1) is 10.3. The SMILES string of the molecule is CC(C)(O)Cn1cc2cc([N+](=O)[O-])c(-c3ccsc3)cc2n1. The van der Waals surface area contributed by atoms with Gasteiger partial charge < -0.3 is 5.11 Å². The third kappa shape index (κ3) is 2.86. The molecule has 0 spiro atoms. The van der Waals surface area contributed by atoms with Crippen molar-refractivity contribution in [1.29, 1.82) is 0 Å². The zero-order valence-electron chi connectivity index (χ0n) is 12.2. The molecule has 2 aromatic heterocycles. The van der Waals surface area contributed by atoms with Gasteiger partial charge in [-0.2, -0.15) is 16.4 Å². The van der Waals surface area contributed by atoms with Crippen LogP contribution in [0.2, 0.25) is 0 Å². The van der Waals surface area contributed by atoms with Crippen LogP contribution in [0.1, 0.15) is 13.8 Å². The smallest absolute Gasteiger partial charge is 0.278 e. The normalized spacial score (nSPS) is 12.0. The van der Waals surface area contributed by atoms with Crippen molar-refractivity contribution in [1.82, 2.24) is 9.78 Å². The molecule has 3 rings (SSSR count). The van der Waals surface area contributed by atoms with Crippen LogP contribution in [0.4, 0.5) is 5.69 Å². The van der Waals surface area contributed by atoms with Gasteiger partial charge in [0.2, 0.25) is 0 Å². The highest BCUT2D eigenvalue weighted by Crippen LogP contribution is 2.34. The number of benzene rings is 1. The van der Waals surface area contributed by atoms with Gasteiger partial charge in [-0.1, -0.05) is 0 Å². The van der Waals surface area contributed by atoms with Gasteiger partial charge in [0, 0.05) is 17.6 Å². The second-order valence-electron chi connectivity index (χ2n) is 5.84. The Hall–Kier alpha value is -2.25. The molecular weight excluding hydrogens is 302 g/mol. The molecule has 0 aliphatic rings. The van der Waals surface area contributed by atoms with Gasteiger partial charge in [0.25, 0.3) is 5.69 Å². The molecule has 0 saturated carbocycles. The summed E-state index contributed by atoms with van der Waals surface area (Å²) < 4.78 is 1.62. The lowest BCUT2D eigenvalue weighted by Gasteiger charge is -2.16. The maximum atomic E-state index is 11.3. The van der Waals surface area contributed by atoms with Crippen LogP contribution in [-0.4, -0.2) is 25.4 Å². The van der Waals surface area contributed by atoms with Crippen molar-refractivity contribution in [2.75, 3.05) is 0 Å². The summed E-state index contributed by atoms with van der Waals surface area (Å²) >= 11 is 1.49. The van der Waals surface area contributed by atoms with Crippen LogP contribution in [-0.2, 0) is 6.54 Å². The van der Waals surface area contributed by atoms with Gasteiger partial charge in [0.05, 0.1) is 28.1 Å². The molecule has 114 valence electrons. The first-order valence-electron chi connectivity index (χ1n) is 6.74. The van der Waals surface area contributed by atoms with Crippen LogP contribution < -0.4 is 0 Å². The van der Waals surface area contributed by atoms with Gasteiger partial charge in [0.15, 0.2) is 0 Å². The molecule has 0 unspecified atom stereocenters. The molecule has 3 aromatic rings. The molecule has 0 aliphatic heterocycles. The molecule has 2 heterocycles. The molecule has 1 aromatic carbocycles. The van der Waals surface area contributed by atoms with Gasteiger partial charge >= 0.3 is 0 Å². The fraction of sp³-hybridized carbons (Fsp3) is 0.267. The molecule has 0 fully saturated rings. The highest BCUT2D eigenvalue weighted by molar-refractivity contribution is 7.08. The molecule has 0 saturated heterocycles. The van der Waals surface area contributed by atoms with Crippen molar-refractivity contribution in [3.63, 3.8) is 0 Å². The molecule has 0 amide bonds. The Labute approximate surface area is 130 Å². The van der Waals surface area contributed by atoms with E-state index in [1.54, 1.807) is 30.8 Å². The fourth-order valence-electron chi connectivity index (χ4n) is 2.39. The Morgan fingerprint density at radius 3 is 2.82 bits per heavy atom. The number of aromatic nitrogens is 2. The molecule has 1 N–H and O–H groups in total. The number of nitro benzene ring substituents is 1. The second kappa shape index (κ2) is 5.19. The predicted octanol–water partition coefficient (Wildman–Crippen LogP) is 3.44. The number of fused-ring (bicyclic) bond motifs is 1. The van der Waals surface area contributed by atoms with E-state index >= 15 is 0 Å². The Morgan fingerprint density at radius 2 is 2.23 bits per heavy atom. The summed E-state index contributed by atoms with van der Waals surface area (Å²) in [4.78, 5) is 11.0. The number of thiophene rings is 1. The first kappa shape index (κ1) is 14.7.